The third-order valence-electron chi connectivity index (χ3n) is 2.33. The van der Waals surface area contributed by atoms with Crippen molar-refractivity contribution < 1.29 is 9.53 Å². The predicted molar refractivity (Wildman–Crippen MR) is 75.8 cm³/mol. The topological polar surface area (TPSA) is 39.2 Å². The van der Waals surface area contributed by atoms with Crippen LogP contribution in [0.5, 0.6) is 11.6 Å². The number of ketones is 1. The highest BCUT2D eigenvalue weighted by atomic mass is 35.5. The molecule has 0 unspecified atom stereocenters. The summed E-state index contributed by atoms with van der Waals surface area (Å²) >= 11 is 17.7. The average Bonchev–Trinajstić information content (AvgIpc) is 2.36. The van der Waals surface area contributed by atoms with Gasteiger partial charge >= 0.3 is 0 Å². The number of Topliss-reactive ketones (excluding diaryl/α,β-unsaturated/α-hetero) is 1. The van der Waals surface area contributed by atoms with E-state index in [9.17, 15) is 4.79 Å². The van der Waals surface area contributed by atoms with Crippen LogP contribution in [0.4, 0.5) is 0 Å². The van der Waals surface area contributed by atoms with Crippen molar-refractivity contribution in [3.05, 3.63) is 51.1 Å². The van der Waals surface area contributed by atoms with Crippen LogP contribution in [0.15, 0.2) is 30.5 Å². The van der Waals surface area contributed by atoms with E-state index in [1.165, 1.54) is 31.3 Å². The fourth-order valence-electron chi connectivity index (χ4n) is 1.38. The standard InChI is InChI=1S/C13H8Cl3NO2/c1-7(18)8-2-3-17-13(4-8)19-12-6-10(15)9(14)5-11(12)16/h2-6H,1H3. The van der Waals surface area contributed by atoms with Crippen LogP contribution in [0.2, 0.25) is 15.1 Å². The summed E-state index contributed by atoms with van der Waals surface area (Å²) < 4.78 is 5.50. The Morgan fingerprint density at radius 2 is 1.79 bits per heavy atom. The monoisotopic (exact) mass is 315 g/mol. The van der Waals surface area contributed by atoms with Crippen molar-refractivity contribution in [2.45, 2.75) is 6.92 Å². The molecule has 0 spiro atoms. The molecule has 2 rings (SSSR count). The Morgan fingerprint density at radius 3 is 2.47 bits per heavy atom. The van der Waals surface area contributed by atoms with Crippen LogP contribution in [-0.4, -0.2) is 10.8 Å². The molecule has 0 atom stereocenters. The maximum absolute atomic E-state index is 11.3. The Kier molecular flexibility index (Phi) is 4.30. The van der Waals surface area contributed by atoms with Crippen molar-refractivity contribution in [2.24, 2.45) is 0 Å². The Bertz CT molecular complexity index is 644. The van der Waals surface area contributed by atoms with Crippen LogP contribution < -0.4 is 4.74 Å². The number of carbonyl (C=O) groups is 1. The second kappa shape index (κ2) is 5.78. The molecule has 6 heteroatoms. The zero-order chi connectivity index (χ0) is 14.0. The molecule has 1 aromatic carbocycles. The zero-order valence-electron chi connectivity index (χ0n) is 9.78. The van der Waals surface area contributed by atoms with Crippen molar-refractivity contribution in [2.75, 3.05) is 0 Å². The van der Waals surface area contributed by atoms with Gasteiger partial charge in [-0.15, -0.1) is 0 Å². The van der Waals surface area contributed by atoms with Gasteiger partial charge in [0, 0.05) is 23.9 Å². The molecule has 1 aromatic heterocycles. The maximum Gasteiger partial charge on any atom is 0.219 e. The molecule has 0 aliphatic carbocycles. The number of halogens is 3. The molecule has 98 valence electrons. The zero-order valence-corrected chi connectivity index (χ0v) is 12.1. The van der Waals surface area contributed by atoms with Gasteiger partial charge in [0.15, 0.2) is 5.78 Å². The summed E-state index contributed by atoms with van der Waals surface area (Å²) in [7, 11) is 0. The van der Waals surface area contributed by atoms with Gasteiger partial charge in [-0.3, -0.25) is 4.79 Å². The van der Waals surface area contributed by atoms with Gasteiger partial charge in [0.2, 0.25) is 5.88 Å². The first-order valence-corrected chi connectivity index (χ1v) is 6.40. The quantitative estimate of drug-likeness (QED) is 0.588. The van der Waals surface area contributed by atoms with E-state index >= 15 is 0 Å². The van der Waals surface area contributed by atoms with E-state index in [1.54, 1.807) is 6.07 Å². The van der Waals surface area contributed by atoms with Crippen molar-refractivity contribution in [3.8, 4) is 11.6 Å². The van der Waals surface area contributed by atoms with Crippen molar-refractivity contribution in [1.82, 2.24) is 4.98 Å². The van der Waals surface area contributed by atoms with Gasteiger partial charge in [-0.25, -0.2) is 4.98 Å². The van der Waals surface area contributed by atoms with Crippen LogP contribution in [-0.2, 0) is 0 Å². The second-order valence-electron chi connectivity index (χ2n) is 3.74. The third kappa shape index (κ3) is 3.38. The summed E-state index contributed by atoms with van der Waals surface area (Å²) in [6.07, 6.45) is 1.48. The molecule has 0 aliphatic rings. The lowest BCUT2D eigenvalue weighted by atomic mass is 10.2. The lowest BCUT2D eigenvalue weighted by molar-refractivity contribution is 0.101. The number of pyridine rings is 1. The number of nitrogens with zero attached hydrogens (tertiary/aromatic N) is 1. The third-order valence-corrected chi connectivity index (χ3v) is 3.35. The summed E-state index contributed by atoms with van der Waals surface area (Å²) in [5, 5.41) is 0.970. The van der Waals surface area contributed by atoms with Gasteiger partial charge in [-0.2, -0.15) is 0 Å². The number of hydrogen-bond acceptors (Lipinski definition) is 3. The van der Waals surface area contributed by atoms with E-state index in [0.29, 0.717) is 26.4 Å². The molecule has 1 heterocycles. The van der Waals surface area contributed by atoms with E-state index in [1.807, 2.05) is 0 Å². The van der Waals surface area contributed by atoms with E-state index in [2.05, 4.69) is 4.98 Å². The lowest BCUT2D eigenvalue weighted by Gasteiger charge is -2.08. The fourth-order valence-corrected chi connectivity index (χ4v) is 1.95. The minimum Gasteiger partial charge on any atom is -0.437 e. The number of carbonyl (C=O) groups excluding carboxylic acids is 1. The van der Waals surface area contributed by atoms with E-state index < -0.39 is 0 Å². The van der Waals surface area contributed by atoms with Crippen LogP contribution in [0.25, 0.3) is 0 Å². The molecule has 0 radical (unpaired) electrons. The van der Waals surface area contributed by atoms with E-state index in [0.717, 1.165) is 0 Å². The Balaban J connectivity index is 2.33. The van der Waals surface area contributed by atoms with Gasteiger partial charge in [0.05, 0.1) is 15.1 Å². The minimum absolute atomic E-state index is 0.0764. The second-order valence-corrected chi connectivity index (χ2v) is 4.96. The summed E-state index contributed by atoms with van der Waals surface area (Å²) in [5.74, 6) is 0.504. The Labute approximate surface area is 125 Å². The van der Waals surface area contributed by atoms with Gasteiger partial charge in [-0.05, 0) is 19.1 Å². The Hall–Kier alpha value is -1.29. The molecule has 19 heavy (non-hydrogen) atoms. The number of hydrogen-bond donors (Lipinski definition) is 0. The van der Waals surface area contributed by atoms with Crippen LogP contribution >= 0.6 is 34.8 Å². The van der Waals surface area contributed by atoms with Crippen LogP contribution in [0, 0.1) is 0 Å². The molecule has 0 saturated carbocycles. The molecule has 0 amide bonds. The number of aromatic nitrogens is 1. The highest BCUT2D eigenvalue weighted by Crippen LogP contribution is 2.35. The maximum atomic E-state index is 11.3. The van der Waals surface area contributed by atoms with Gasteiger partial charge < -0.3 is 4.74 Å². The van der Waals surface area contributed by atoms with Crippen molar-refractivity contribution >= 4 is 40.6 Å². The molecule has 3 nitrogen and oxygen atoms in total. The number of benzene rings is 1. The molecular formula is C13H8Cl3NO2. The molecule has 0 bridgehead atoms. The van der Waals surface area contributed by atoms with Crippen molar-refractivity contribution in [1.29, 1.82) is 0 Å². The molecule has 0 saturated heterocycles. The summed E-state index contributed by atoms with van der Waals surface area (Å²) in [5.41, 5.74) is 0.501. The Morgan fingerprint density at radius 1 is 1.11 bits per heavy atom. The SMILES string of the molecule is CC(=O)c1ccnc(Oc2cc(Cl)c(Cl)cc2Cl)c1. The largest absolute Gasteiger partial charge is 0.437 e. The first-order valence-electron chi connectivity index (χ1n) is 5.27. The summed E-state index contributed by atoms with van der Waals surface area (Å²) in [4.78, 5) is 15.3. The summed E-state index contributed by atoms with van der Waals surface area (Å²) in [6, 6.07) is 6.11. The smallest absolute Gasteiger partial charge is 0.219 e. The molecule has 0 N–H and O–H groups in total. The van der Waals surface area contributed by atoms with Gasteiger partial charge in [-0.1, -0.05) is 34.8 Å². The lowest BCUT2D eigenvalue weighted by Crippen LogP contribution is -1.95. The van der Waals surface area contributed by atoms with Gasteiger partial charge in [0.1, 0.15) is 5.75 Å². The minimum atomic E-state index is -0.0764. The molecule has 0 aliphatic heterocycles. The fraction of sp³-hybridized carbons (Fsp3) is 0.0769. The van der Waals surface area contributed by atoms with E-state index in [-0.39, 0.29) is 11.7 Å². The van der Waals surface area contributed by atoms with Crippen molar-refractivity contribution in [3.63, 3.8) is 0 Å². The molecule has 2 aromatic rings. The molecular weight excluding hydrogens is 309 g/mol. The first-order chi connectivity index (χ1) is 8.97. The first kappa shape index (κ1) is 14.1. The normalized spacial score (nSPS) is 10.3. The van der Waals surface area contributed by atoms with E-state index in [4.69, 9.17) is 39.5 Å². The molecule has 0 fully saturated rings. The number of rotatable bonds is 3. The highest BCUT2D eigenvalue weighted by Gasteiger charge is 2.10. The summed E-state index contributed by atoms with van der Waals surface area (Å²) in [6.45, 7) is 1.46. The van der Waals surface area contributed by atoms with Gasteiger partial charge in [0.25, 0.3) is 0 Å². The average molecular weight is 317 g/mol. The predicted octanol–water partition coefficient (Wildman–Crippen LogP) is 5.04. The van der Waals surface area contributed by atoms with Crippen LogP contribution in [0.1, 0.15) is 17.3 Å². The highest BCUT2D eigenvalue weighted by molar-refractivity contribution is 6.43. The number of ether oxygens (including phenoxy) is 1. The van der Waals surface area contributed by atoms with Crippen LogP contribution in [0.3, 0.4) is 0 Å².